The van der Waals surface area contributed by atoms with Gasteiger partial charge in [0.05, 0.1) is 35.9 Å². The molecule has 53 heavy (non-hydrogen) atoms. The number of nitrogens with zero attached hydrogens (tertiary/aromatic N) is 4. The molecule has 2 aromatic heterocycles. The summed E-state index contributed by atoms with van der Waals surface area (Å²) in [6, 6.07) is 4.94. The number of thiazole rings is 1. The van der Waals surface area contributed by atoms with Gasteiger partial charge in [-0.25, -0.2) is 4.98 Å². The van der Waals surface area contributed by atoms with Crippen molar-refractivity contribution in [2.24, 2.45) is 17.8 Å². The first-order valence-corrected chi connectivity index (χ1v) is 20.7. The summed E-state index contributed by atoms with van der Waals surface area (Å²) in [4.78, 5) is 54.1. The molecular formula is C40H64N6O6S. The van der Waals surface area contributed by atoms with E-state index in [0.29, 0.717) is 55.4 Å². The van der Waals surface area contributed by atoms with Gasteiger partial charge in [-0.05, 0) is 49.7 Å². The zero-order chi connectivity index (χ0) is 38.4. The van der Waals surface area contributed by atoms with Gasteiger partial charge in [0.2, 0.25) is 17.7 Å². The van der Waals surface area contributed by atoms with Crippen molar-refractivity contribution in [3.63, 3.8) is 0 Å². The predicted molar refractivity (Wildman–Crippen MR) is 208 cm³/mol. The minimum atomic E-state index is -1.17. The number of nitrogens with one attached hydrogen (secondary N) is 1. The number of anilines is 1. The van der Waals surface area contributed by atoms with E-state index in [0.717, 1.165) is 57.1 Å². The molecule has 296 valence electrons. The van der Waals surface area contributed by atoms with Crippen LogP contribution in [-0.2, 0) is 27.2 Å². The number of aliphatic hydroxyl groups is 3. The Hall–Kier alpha value is -3.13. The van der Waals surface area contributed by atoms with Crippen molar-refractivity contribution in [2.45, 2.75) is 140 Å². The number of nitrogen functional groups attached to an aromatic ring is 1. The SMILES string of the molecule is CC(C)C[C@H](O)[C@H](O)[C@H](CC1CCCCC1)NC(=O)[C@@H](CC(=O)N(CC(=O)N(C)CCc1ccccn1)CC1(O)CCCCCC1)Cc1csc(N)n1. The highest BCUT2D eigenvalue weighted by atomic mass is 32.1. The highest BCUT2D eigenvalue weighted by molar-refractivity contribution is 7.13. The second-order valence-corrected chi connectivity index (χ2v) is 17.0. The van der Waals surface area contributed by atoms with Gasteiger partial charge in [-0.1, -0.05) is 77.7 Å². The minimum Gasteiger partial charge on any atom is -0.390 e. The van der Waals surface area contributed by atoms with Crippen molar-refractivity contribution in [1.29, 1.82) is 0 Å². The molecule has 12 nitrogen and oxygen atoms in total. The Morgan fingerprint density at radius 2 is 1.72 bits per heavy atom. The molecule has 2 aliphatic carbocycles. The maximum absolute atomic E-state index is 14.4. The van der Waals surface area contributed by atoms with Gasteiger partial charge < -0.3 is 36.2 Å². The molecule has 0 saturated heterocycles. The predicted octanol–water partition coefficient (Wildman–Crippen LogP) is 4.51. The number of aromatic nitrogens is 2. The average molecular weight is 757 g/mol. The van der Waals surface area contributed by atoms with Gasteiger partial charge in [0, 0.05) is 56.7 Å². The minimum absolute atomic E-state index is 0.00590. The number of carbonyl (C=O) groups is 3. The fraction of sp³-hybridized carbons (Fsp3) is 0.725. The Balaban J connectivity index is 1.56. The summed E-state index contributed by atoms with van der Waals surface area (Å²) in [6.45, 7) is 4.13. The standard InChI is InChI=1S/C40H64N6O6S/c1-28(2)21-34(47)37(50)33(22-29-13-7-6-8-14-29)44-38(51)30(23-32-26-53-39(41)43-32)24-35(48)46(27-40(52)17-10-4-5-11-18-40)25-36(49)45(3)20-16-31-15-9-12-19-42-31/h9,12,15,19,26,28-30,33-34,37,47,50,52H,4-8,10-11,13-14,16-18,20-25,27H2,1-3H3,(H2,41,43)(H,44,51)/t30-,33+,34+,37-/m1/s1. The summed E-state index contributed by atoms with van der Waals surface area (Å²) < 4.78 is 0. The molecule has 4 atom stereocenters. The topological polar surface area (TPSA) is 182 Å². The third-order valence-corrected chi connectivity index (χ3v) is 11.8. The van der Waals surface area contributed by atoms with Crippen molar-refractivity contribution in [1.82, 2.24) is 25.1 Å². The molecule has 0 spiro atoms. The highest BCUT2D eigenvalue weighted by Gasteiger charge is 2.37. The fourth-order valence-electron chi connectivity index (χ4n) is 7.89. The van der Waals surface area contributed by atoms with E-state index in [4.69, 9.17) is 5.73 Å². The largest absolute Gasteiger partial charge is 0.390 e. The lowest BCUT2D eigenvalue weighted by atomic mass is 9.82. The van der Waals surface area contributed by atoms with Crippen LogP contribution in [0, 0.1) is 17.8 Å². The Kier molecular flexibility index (Phi) is 17.0. The summed E-state index contributed by atoms with van der Waals surface area (Å²) in [7, 11) is 1.70. The average Bonchev–Trinajstić information content (AvgIpc) is 3.42. The van der Waals surface area contributed by atoms with Crippen LogP contribution in [0.5, 0.6) is 0 Å². The number of hydrogen-bond acceptors (Lipinski definition) is 10. The van der Waals surface area contributed by atoms with Crippen LogP contribution in [0.4, 0.5) is 5.13 Å². The van der Waals surface area contributed by atoms with Crippen molar-refractivity contribution in [3.05, 3.63) is 41.2 Å². The van der Waals surface area contributed by atoms with Crippen LogP contribution in [-0.4, -0.2) is 103 Å². The maximum Gasteiger partial charge on any atom is 0.241 e. The summed E-state index contributed by atoms with van der Waals surface area (Å²) >= 11 is 1.25. The molecule has 2 fully saturated rings. The molecule has 4 rings (SSSR count). The van der Waals surface area contributed by atoms with E-state index < -0.39 is 41.6 Å². The highest BCUT2D eigenvalue weighted by Crippen LogP contribution is 2.31. The van der Waals surface area contributed by atoms with E-state index in [-0.39, 0.29) is 37.8 Å². The smallest absolute Gasteiger partial charge is 0.241 e. The van der Waals surface area contributed by atoms with Gasteiger partial charge in [0.25, 0.3) is 0 Å². The first-order valence-electron chi connectivity index (χ1n) is 19.8. The first-order chi connectivity index (χ1) is 25.3. The number of carbonyl (C=O) groups excluding carboxylic acids is 3. The zero-order valence-electron chi connectivity index (χ0n) is 32.1. The summed E-state index contributed by atoms with van der Waals surface area (Å²) in [5, 5.41) is 39.3. The lowest BCUT2D eigenvalue weighted by Gasteiger charge is -2.35. The van der Waals surface area contributed by atoms with E-state index in [1.54, 1.807) is 23.5 Å². The molecule has 2 aliphatic rings. The molecule has 3 amide bonds. The molecule has 0 radical (unpaired) electrons. The number of amides is 3. The van der Waals surface area contributed by atoms with Crippen molar-refractivity contribution < 1.29 is 29.7 Å². The zero-order valence-corrected chi connectivity index (χ0v) is 32.9. The molecule has 13 heteroatoms. The van der Waals surface area contributed by atoms with Gasteiger partial charge in [0.15, 0.2) is 5.13 Å². The molecule has 0 aromatic carbocycles. The van der Waals surface area contributed by atoms with Gasteiger partial charge in [0.1, 0.15) is 6.10 Å². The maximum atomic E-state index is 14.4. The van der Waals surface area contributed by atoms with Gasteiger partial charge in [-0.2, -0.15) is 0 Å². The summed E-state index contributed by atoms with van der Waals surface area (Å²) in [5.74, 6) is -1.54. The third-order valence-electron chi connectivity index (χ3n) is 11.0. The van der Waals surface area contributed by atoms with E-state index in [9.17, 15) is 29.7 Å². The molecule has 2 heterocycles. The van der Waals surface area contributed by atoms with Crippen molar-refractivity contribution in [2.75, 3.05) is 32.4 Å². The van der Waals surface area contributed by atoms with Gasteiger partial charge in [-0.15, -0.1) is 11.3 Å². The second-order valence-electron chi connectivity index (χ2n) is 16.1. The molecule has 0 bridgehead atoms. The van der Waals surface area contributed by atoms with Gasteiger partial charge in [-0.3, -0.25) is 19.4 Å². The Morgan fingerprint density at radius 1 is 1.02 bits per heavy atom. The second kappa shape index (κ2) is 21.1. The van der Waals surface area contributed by atoms with Crippen LogP contribution in [0.3, 0.4) is 0 Å². The normalized spacial score (nSPS) is 18.8. The Bertz CT molecular complexity index is 1410. The molecule has 2 saturated carbocycles. The number of hydrogen-bond donors (Lipinski definition) is 5. The van der Waals surface area contributed by atoms with Crippen LogP contribution in [0.25, 0.3) is 0 Å². The van der Waals surface area contributed by atoms with E-state index in [1.165, 1.54) is 22.7 Å². The number of likely N-dealkylation sites (N-methyl/N-ethyl adjacent to an activating group) is 1. The van der Waals surface area contributed by atoms with E-state index >= 15 is 0 Å². The van der Waals surface area contributed by atoms with E-state index in [2.05, 4.69) is 15.3 Å². The molecule has 0 unspecified atom stereocenters. The number of pyridine rings is 1. The Morgan fingerprint density at radius 3 is 2.34 bits per heavy atom. The van der Waals surface area contributed by atoms with Crippen LogP contribution in [0.2, 0.25) is 0 Å². The lowest BCUT2D eigenvalue weighted by molar-refractivity contribution is -0.145. The first kappa shape index (κ1) is 42.6. The monoisotopic (exact) mass is 756 g/mol. The summed E-state index contributed by atoms with van der Waals surface area (Å²) in [6.07, 6.45) is 11.0. The van der Waals surface area contributed by atoms with E-state index in [1.807, 2.05) is 32.0 Å². The number of nitrogens with two attached hydrogens (primary N) is 1. The molecule has 6 N–H and O–H groups in total. The van der Waals surface area contributed by atoms with Crippen LogP contribution < -0.4 is 11.1 Å². The molecule has 0 aliphatic heterocycles. The number of rotatable bonds is 19. The third kappa shape index (κ3) is 14.2. The van der Waals surface area contributed by atoms with Crippen LogP contribution >= 0.6 is 11.3 Å². The number of aliphatic hydroxyl groups excluding tert-OH is 2. The van der Waals surface area contributed by atoms with Crippen molar-refractivity contribution >= 4 is 34.2 Å². The van der Waals surface area contributed by atoms with Crippen LogP contribution in [0.15, 0.2) is 29.8 Å². The Labute approximate surface area is 320 Å². The van der Waals surface area contributed by atoms with Crippen molar-refractivity contribution in [3.8, 4) is 0 Å². The van der Waals surface area contributed by atoms with Crippen LogP contribution in [0.1, 0.15) is 115 Å². The molecular weight excluding hydrogens is 693 g/mol. The quantitative estimate of drug-likeness (QED) is 0.129. The molecule has 2 aromatic rings. The fourth-order valence-corrected chi connectivity index (χ4v) is 8.47. The lowest BCUT2D eigenvalue weighted by Crippen LogP contribution is -2.53. The van der Waals surface area contributed by atoms with Gasteiger partial charge >= 0.3 is 0 Å². The summed E-state index contributed by atoms with van der Waals surface area (Å²) in [5.41, 5.74) is 6.24.